The van der Waals surface area contributed by atoms with Crippen molar-refractivity contribution in [2.24, 2.45) is 0 Å². The number of halogens is 3. The molecule has 3 aromatic carbocycles. The Morgan fingerprint density at radius 1 is 0.935 bits per heavy atom. The molecule has 0 fully saturated rings. The predicted molar refractivity (Wildman–Crippen MR) is 112 cm³/mol. The summed E-state index contributed by atoms with van der Waals surface area (Å²) >= 11 is 0. The maximum absolute atomic E-state index is 13.2. The summed E-state index contributed by atoms with van der Waals surface area (Å²) in [6.45, 7) is 1.06. The smallest absolute Gasteiger partial charge is 0.324 e. The minimum absolute atomic E-state index is 0.142. The van der Waals surface area contributed by atoms with Crippen LogP contribution >= 0.6 is 0 Å². The minimum atomic E-state index is -4.67. The molecule has 0 saturated carbocycles. The highest BCUT2D eigenvalue weighted by atomic mass is 32.2. The van der Waals surface area contributed by atoms with Gasteiger partial charge in [-0.25, -0.2) is 8.42 Å². The fraction of sp³-hybridized carbons (Fsp3) is 0.136. The molecule has 3 rings (SSSR count). The lowest BCUT2D eigenvalue weighted by atomic mass is 10.2. The van der Waals surface area contributed by atoms with Gasteiger partial charge in [-0.2, -0.15) is 13.2 Å². The van der Waals surface area contributed by atoms with E-state index < -0.39 is 34.2 Å². The molecule has 0 bridgehead atoms. The molecule has 0 aliphatic heterocycles. The molecular formula is C22H19F3N2O3S. The van der Waals surface area contributed by atoms with Crippen molar-refractivity contribution in [3.8, 4) is 0 Å². The summed E-state index contributed by atoms with van der Waals surface area (Å²) in [4.78, 5) is 12.5. The molecule has 0 spiro atoms. The number of hydrogen-bond acceptors (Lipinski definition) is 3. The van der Waals surface area contributed by atoms with Crippen LogP contribution in [0.4, 0.5) is 24.5 Å². The second-order valence-corrected chi connectivity index (χ2v) is 8.60. The third-order valence-electron chi connectivity index (χ3n) is 4.50. The summed E-state index contributed by atoms with van der Waals surface area (Å²) in [7, 11) is -4.31. The van der Waals surface area contributed by atoms with Gasteiger partial charge in [0.25, 0.3) is 10.0 Å². The van der Waals surface area contributed by atoms with Gasteiger partial charge in [-0.1, -0.05) is 42.5 Å². The zero-order valence-corrected chi connectivity index (χ0v) is 17.2. The average Bonchev–Trinajstić information content (AvgIpc) is 2.74. The molecule has 5 nitrogen and oxygen atoms in total. The number of rotatable bonds is 6. The van der Waals surface area contributed by atoms with Crippen LogP contribution in [-0.4, -0.2) is 20.9 Å². The van der Waals surface area contributed by atoms with Gasteiger partial charge in [0, 0.05) is 5.69 Å². The van der Waals surface area contributed by atoms with Crippen molar-refractivity contribution in [1.29, 1.82) is 0 Å². The van der Waals surface area contributed by atoms with Crippen LogP contribution in [0.1, 0.15) is 11.1 Å². The third-order valence-corrected chi connectivity index (χ3v) is 6.29. The van der Waals surface area contributed by atoms with Crippen LogP contribution in [0.5, 0.6) is 0 Å². The molecule has 0 atom stereocenters. The van der Waals surface area contributed by atoms with Gasteiger partial charge in [0.2, 0.25) is 5.91 Å². The topological polar surface area (TPSA) is 66.5 Å². The summed E-state index contributed by atoms with van der Waals surface area (Å²) in [6, 6.07) is 18.0. The molecule has 9 heteroatoms. The second kappa shape index (κ2) is 8.81. The maximum Gasteiger partial charge on any atom is 0.416 e. The van der Waals surface area contributed by atoms with E-state index in [1.165, 1.54) is 30.3 Å². The summed E-state index contributed by atoms with van der Waals surface area (Å²) in [6.07, 6.45) is -4.67. The van der Waals surface area contributed by atoms with Crippen molar-refractivity contribution < 1.29 is 26.4 Å². The van der Waals surface area contributed by atoms with Crippen molar-refractivity contribution in [2.75, 3.05) is 16.2 Å². The van der Waals surface area contributed by atoms with Crippen molar-refractivity contribution in [1.82, 2.24) is 0 Å². The Labute approximate surface area is 178 Å². The Morgan fingerprint density at radius 3 is 2.23 bits per heavy atom. The number of nitrogens with one attached hydrogen (secondary N) is 1. The molecule has 0 unspecified atom stereocenters. The Bertz CT molecular complexity index is 1180. The number of aryl methyl sites for hydroxylation is 1. The van der Waals surface area contributed by atoms with E-state index in [2.05, 4.69) is 5.32 Å². The fourth-order valence-electron chi connectivity index (χ4n) is 2.91. The van der Waals surface area contributed by atoms with Crippen LogP contribution in [0.2, 0.25) is 0 Å². The average molecular weight is 448 g/mol. The van der Waals surface area contributed by atoms with Crippen molar-refractivity contribution >= 4 is 27.3 Å². The van der Waals surface area contributed by atoms with Crippen LogP contribution in [0, 0.1) is 6.92 Å². The number of nitrogens with zero attached hydrogens (tertiary/aromatic N) is 1. The van der Waals surface area contributed by atoms with Gasteiger partial charge in [0.05, 0.1) is 16.1 Å². The molecule has 0 radical (unpaired) electrons. The lowest BCUT2D eigenvalue weighted by molar-refractivity contribution is -0.137. The minimum Gasteiger partial charge on any atom is -0.324 e. The molecule has 1 N–H and O–H groups in total. The SMILES string of the molecule is Cc1ccccc1NC(=O)CN(c1cccc(C(F)(F)F)c1)S(=O)(=O)c1ccccc1. The van der Waals surface area contributed by atoms with Gasteiger partial charge in [-0.15, -0.1) is 0 Å². The van der Waals surface area contributed by atoms with Gasteiger partial charge in [0.1, 0.15) is 6.54 Å². The first-order valence-corrected chi connectivity index (χ1v) is 10.6. The van der Waals surface area contributed by atoms with Crippen LogP contribution < -0.4 is 9.62 Å². The van der Waals surface area contributed by atoms with Gasteiger partial charge in [-0.3, -0.25) is 9.10 Å². The fourth-order valence-corrected chi connectivity index (χ4v) is 4.34. The van der Waals surface area contributed by atoms with E-state index in [1.54, 1.807) is 37.3 Å². The first kappa shape index (κ1) is 22.4. The Morgan fingerprint density at radius 2 is 1.58 bits per heavy atom. The second-order valence-electron chi connectivity index (χ2n) is 6.74. The van der Waals surface area contributed by atoms with Gasteiger partial charge < -0.3 is 5.32 Å². The zero-order chi connectivity index (χ0) is 22.6. The van der Waals surface area contributed by atoms with Crippen LogP contribution in [-0.2, 0) is 21.0 Å². The zero-order valence-electron chi connectivity index (χ0n) is 16.4. The van der Waals surface area contributed by atoms with Gasteiger partial charge >= 0.3 is 6.18 Å². The quantitative estimate of drug-likeness (QED) is 0.586. The number of alkyl halides is 3. The lowest BCUT2D eigenvalue weighted by Gasteiger charge is -2.25. The number of anilines is 2. The summed E-state index contributed by atoms with van der Waals surface area (Å²) in [5.41, 5.74) is -0.0443. The highest BCUT2D eigenvalue weighted by molar-refractivity contribution is 7.92. The molecule has 1 amide bonds. The number of para-hydroxylation sites is 1. The largest absolute Gasteiger partial charge is 0.416 e. The van der Waals surface area contributed by atoms with E-state index in [4.69, 9.17) is 0 Å². The van der Waals surface area contributed by atoms with Crippen molar-refractivity contribution in [3.63, 3.8) is 0 Å². The lowest BCUT2D eigenvalue weighted by Crippen LogP contribution is -2.38. The van der Waals surface area contributed by atoms with Gasteiger partial charge in [0.15, 0.2) is 0 Å². The predicted octanol–water partition coefficient (Wildman–Crippen LogP) is 4.85. The van der Waals surface area contributed by atoms with Crippen molar-refractivity contribution in [2.45, 2.75) is 18.0 Å². The van der Waals surface area contributed by atoms with E-state index in [-0.39, 0.29) is 10.6 Å². The summed E-state index contributed by atoms with van der Waals surface area (Å²) in [5.74, 6) is -0.689. The number of amides is 1. The Kier molecular flexibility index (Phi) is 6.35. The van der Waals surface area contributed by atoms with E-state index in [1.807, 2.05) is 0 Å². The van der Waals surface area contributed by atoms with Crippen molar-refractivity contribution in [3.05, 3.63) is 90.0 Å². The third kappa shape index (κ3) is 5.24. The molecule has 3 aromatic rings. The molecule has 0 aliphatic carbocycles. The number of hydrogen-bond donors (Lipinski definition) is 1. The Hall–Kier alpha value is -3.33. The van der Waals surface area contributed by atoms with E-state index in [9.17, 15) is 26.4 Å². The molecule has 31 heavy (non-hydrogen) atoms. The van der Waals surface area contributed by atoms with E-state index in [0.717, 1.165) is 17.7 Å². The molecule has 0 saturated heterocycles. The monoisotopic (exact) mass is 448 g/mol. The first-order valence-electron chi connectivity index (χ1n) is 9.19. The summed E-state index contributed by atoms with van der Waals surface area (Å²) < 4.78 is 66.7. The number of carbonyl (C=O) groups excluding carboxylic acids is 1. The number of carbonyl (C=O) groups is 1. The summed E-state index contributed by atoms with van der Waals surface area (Å²) in [5, 5.41) is 2.61. The molecule has 0 aliphatic rings. The Balaban J connectivity index is 2.01. The van der Waals surface area contributed by atoms with Crippen LogP contribution in [0.25, 0.3) is 0 Å². The van der Waals surface area contributed by atoms with Gasteiger partial charge in [-0.05, 0) is 48.9 Å². The number of benzene rings is 3. The molecule has 162 valence electrons. The highest BCUT2D eigenvalue weighted by Gasteiger charge is 2.33. The van der Waals surface area contributed by atoms with Crippen LogP contribution in [0.15, 0.2) is 83.8 Å². The molecule has 0 heterocycles. The molecular weight excluding hydrogens is 429 g/mol. The highest BCUT2D eigenvalue weighted by Crippen LogP contribution is 2.33. The van der Waals surface area contributed by atoms with E-state index >= 15 is 0 Å². The maximum atomic E-state index is 13.2. The number of sulfonamides is 1. The normalized spacial score (nSPS) is 11.7. The van der Waals surface area contributed by atoms with E-state index in [0.29, 0.717) is 16.1 Å². The standard InChI is InChI=1S/C22H19F3N2O3S/c1-16-8-5-6-13-20(16)26-21(28)15-27(31(29,30)19-11-3-2-4-12-19)18-10-7-9-17(14-18)22(23,24)25/h2-14H,15H2,1H3,(H,26,28). The first-order chi connectivity index (χ1) is 14.6. The molecule has 0 aromatic heterocycles. The van der Waals surface area contributed by atoms with Crippen LogP contribution in [0.3, 0.4) is 0 Å².